The van der Waals surface area contributed by atoms with Gasteiger partial charge in [-0.05, 0) is 55.8 Å². The number of carbonyl (C=O) groups excluding carboxylic acids is 1. The van der Waals surface area contributed by atoms with Crippen LogP contribution in [0.5, 0.6) is 5.75 Å². The number of nitrogen functional groups attached to an aromatic ring is 1. The van der Waals surface area contributed by atoms with E-state index in [1.54, 1.807) is 30.3 Å². The summed E-state index contributed by atoms with van der Waals surface area (Å²) in [4.78, 5) is 11.8. The number of carbonyl (C=O) groups is 1. The average molecular weight is 314 g/mol. The maximum atomic E-state index is 13.0. The number of ether oxygens (including phenoxy) is 1. The molecule has 0 heterocycles. The number of hydrogen-bond acceptors (Lipinski definition) is 3. The molecule has 23 heavy (non-hydrogen) atoms. The van der Waals surface area contributed by atoms with Gasteiger partial charge >= 0.3 is 0 Å². The highest BCUT2D eigenvalue weighted by Gasteiger charge is 2.04. The summed E-state index contributed by atoms with van der Waals surface area (Å²) in [5.41, 5.74) is 7.59. The maximum Gasteiger partial charge on any atom is 0.248 e. The Kier molecular flexibility index (Phi) is 5.36. The predicted molar refractivity (Wildman–Crippen MR) is 90.7 cm³/mol. The number of halogens is 1. The minimum Gasteiger partial charge on any atom is -0.489 e. The number of nitrogens with two attached hydrogens (primary N) is 1. The molecule has 0 aliphatic heterocycles. The molecule has 5 heteroatoms. The van der Waals surface area contributed by atoms with E-state index in [9.17, 15) is 9.18 Å². The second-order valence-electron chi connectivity index (χ2n) is 5.30. The molecule has 1 amide bonds. The third-order valence-electron chi connectivity index (χ3n) is 2.92. The van der Waals surface area contributed by atoms with E-state index in [1.165, 1.54) is 24.3 Å². The van der Waals surface area contributed by atoms with Crippen LogP contribution in [0.15, 0.2) is 48.5 Å². The molecule has 0 aromatic heterocycles. The van der Waals surface area contributed by atoms with Crippen molar-refractivity contribution in [3.8, 4) is 5.75 Å². The van der Waals surface area contributed by atoms with Gasteiger partial charge in [-0.1, -0.05) is 12.1 Å². The lowest BCUT2D eigenvalue weighted by Gasteiger charge is -2.12. The zero-order valence-corrected chi connectivity index (χ0v) is 13.0. The summed E-state index contributed by atoms with van der Waals surface area (Å²) in [5.74, 6) is -0.140. The van der Waals surface area contributed by atoms with Crippen LogP contribution in [0.4, 0.5) is 15.8 Å². The summed E-state index contributed by atoms with van der Waals surface area (Å²) in [6.07, 6.45) is 3.03. The van der Waals surface area contributed by atoms with Crippen LogP contribution in [-0.4, -0.2) is 12.0 Å². The van der Waals surface area contributed by atoms with Gasteiger partial charge < -0.3 is 15.8 Å². The van der Waals surface area contributed by atoms with E-state index in [2.05, 4.69) is 5.32 Å². The zero-order chi connectivity index (χ0) is 16.8. The molecule has 2 aromatic carbocycles. The molecule has 0 aliphatic carbocycles. The van der Waals surface area contributed by atoms with Gasteiger partial charge in [-0.2, -0.15) is 0 Å². The molecule has 0 unspecified atom stereocenters. The topological polar surface area (TPSA) is 64.3 Å². The predicted octanol–water partition coefficient (Wildman–Crippen LogP) is 3.85. The van der Waals surface area contributed by atoms with Crippen LogP contribution >= 0.6 is 0 Å². The molecule has 0 saturated heterocycles. The van der Waals surface area contributed by atoms with E-state index < -0.39 is 5.82 Å². The number of rotatable bonds is 5. The van der Waals surface area contributed by atoms with Crippen molar-refractivity contribution < 1.29 is 13.9 Å². The van der Waals surface area contributed by atoms with Gasteiger partial charge in [0, 0.05) is 11.8 Å². The first-order chi connectivity index (χ1) is 10.9. The van der Waals surface area contributed by atoms with Crippen molar-refractivity contribution in [3.05, 3.63) is 59.9 Å². The lowest BCUT2D eigenvalue weighted by atomic mass is 10.1. The molecule has 0 spiro atoms. The molecule has 120 valence electrons. The van der Waals surface area contributed by atoms with Crippen LogP contribution in [0.25, 0.3) is 6.08 Å². The standard InChI is InChI=1S/C18H19FN2O2/c1-12(2)23-17-8-6-13(10-16(17)20)7-9-18(22)21-15-5-3-4-14(19)11-15/h3-12H,20H2,1-2H3,(H,21,22)/b9-7-. The Morgan fingerprint density at radius 1 is 1.26 bits per heavy atom. The Morgan fingerprint density at radius 2 is 2.04 bits per heavy atom. The lowest BCUT2D eigenvalue weighted by Crippen LogP contribution is -2.08. The smallest absolute Gasteiger partial charge is 0.248 e. The fraction of sp³-hybridized carbons (Fsp3) is 0.167. The second-order valence-corrected chi connectivity index (χ2v) is 5.30. The molecule has 0 aliphatic rings. The maximum absolute atomic E-state index is 13.0. The first-order valence-corrected chi connectivity index (χ1v) is 7.25. The monoisotopic (exact) mass is 314 g/mol. The first-order valence-electron chi connectivity index (χ1n) is 7.25. The van der Waals surface area contributed by atoms with Crippen molar-refractivity contribution in [3.63, 3.8) is 0 Å². The SMILES string of the molecule is CC(C)Oc1ccc(/C=C\C(=O)Nc2cccc(F)c2)cc1N. The van der Waals surface area contributed by atoms with Crippen LogP contribution in [-0.2, 0) is 4.79 Å². The van der Waals surface area contributed by atoms with E-state index >= 15 is 0 Å². The fourth-order valence-corrected chi connectivity index (χ4v) is 1.95. The Labute approximate surface area is 134 Å². The molecule has 0 saturated carbocycles. The highest BCUT2D eigenvalue weighted by Crippen LogP contribution is 2.24. The second kappa shape index (κ2) is 7.45. The molecular weight excluding hydrogens is 295 g/mol. The van der Waals surface area contributed by atoms with Gasteiger partial charge in [-0.3, -0.25) is 4.79 Å². The molecule has 2 aromatic rings. The van der Waals surface area contributed by atoms with E-state index in [1.807, 2.05) is 13.8 Å². The van der Waals surface area contributed by atoms with Crippen molar-refractivity contribution in [2.75, 3.05) is 11.1 Å². The lowest BCUT2D eigenvalue weighted by molar-refractivity contribution is -0.111. The number of benzene rings is 2. The van der Waals surface area contributed by atoms with E-state index in [4.69, 9.17) is 10.5 Å². The fourth-order valence-electron chi connectivity index (χ4n) is 1.95. The van der Waals surface area contributed by atoms with Crippen molar-refractivity contribution >= 4 is 23.4 Å². The van der Waals surface area contributed by atoms with Crippen LogP contribution in [0.1, 0.15) is 19.4 Å². The van der Waals surface area contributed by atoms with Gasteiger partial charge in [0.25, 0.3) is 0 Å². The van der Waals surface area contributed by atoms with Crippen LogP contribution < -0.4 is 15.8 Å². The van der Waals surface area contributed by atoms with Gasteiger partial charge in [0.05, 0.1) is 11.8 Å². The van der Waals surface area contributed by atoms with Gasteiger partial charge in [0.2, 0.25) is 5.91 Å². The Morgan fingerprint density at radius 3 is 2.70 bits per heavy atom. The number of anilines is 2. The number of amides is 1. The van der Waals surface area contributed by atoms with E-state index in [-0.39, 0.29) is 12.0 Å². The summed E-state index contributed by atoms with van der Waals surface area (Å²) in [6, 6.07) is 11.0. The van der Waals surface area contributed by atoms with Gasteiger partial charge in [0.15, 0.2) is 0 Å². The van der Waals surface area contributed by atoms with Crippen molar-refractivity contribution in [1.29, 1.82) is 0 Å². The molecule has 3 N–H and O–H groups in total. The van der Waals surface area contributed by atoms with Gasteiger partial charge in [-0.25, -0.2) is 4.39 Å². The highest BCUT2D eigenvalue weighted by molar-refractivity contribution is 6.01. The Hall–Kier alpha value is -2.82. The Bertz CT molecular complexity index is 727. The Balaban J connectivity index is 2.02. The average Bonchev–Trinajstić information content (AvgIpc) is 2.47. The molecule has 0 radical (unpaired) electrons. The third kappa shape index (κ3) is 5.14. The summed E-state index contributed by atoms with van der Waals surface area (Å²) in [7, 11) is 0. The minimum atomic E-state index is -0.403. The summed E-state index contributed by atoms with van der Waals surface area (Å²) < 4.78 is 18.6. The zero-order valence-electron chi connectivity index (χ0n) is 13.0. The molecule has 0 bridgehead atoms. The van der Waals surface area contributed by atoms with Crippen molar-refractivity contribution in [2.45, 2.75) is 20.0 Å². The van der Waals surface area contributed by atoms with Gasteiger partial charge in [0.1, 0.15) is 11.6 Å². The summed E-state index contributed by atoms with van der Waals surface area (Å²) in [5, 5.41) is 2.58. The minimum absolute atomic E-state index is 0.0377. The quantitative estimate of drug-likeness (QED) is 0.651. The number of hydrogen-bond donors (Lipinski definition) is 2. The summed E-state index contributed by atoms with van der Waals surface area (Å²) in [6.45, 7) is 3.84. The molecule has 2 rings (SSSR count). The van der Waals surface area contributed by atoms with Crippen LogP contribution in [0, 0.1) is 5.82 Å². The highest BCUT2D eigenvalue weighted by atomic mass is 19.1. The van der Waals surface area contributed by atoms with Crippen LogP contribution in [0.3, 0.4) is 0 Å². The molecular formula is C18H19FN2O2. The largest absolute Gasteiger partial charge is 0.489 e. The molecule has 0 fully saturated rings. The molecule has 0 atom stereocenters. The molecule has 4 nitrogen and oxygen atoms in total. The van der Waals surface area contributed by atoms with Crippen molar-refractivity contribution in [2.24, 2.45) is 0 Å². The van der Waals surface area contributed by atoms with Crippen LogP contribution in [0.2, 0.25) is 0 Å². The first kappa shape index (κ1) is 16.5. The third-order valence-corrected chi connectivity index (χ3v) is 2.92. The number of nitrogens with one attached hydrogen (secondary N) is 1. The van der Waals surface area contributed by atoms with Crippen molar-refractivity contribution in [1.82, 2.24) is 0 Å². The van der Waals surface area contributed by atoms with Gasteiger partial charge in [-0.15, -0.1) is 0 Å². The van der Waals surface area contributed by atoms with E-state index in [0.717, 1.165) is 5.56 Å². The van der Waals surface area contributed by atoms with E-state index in [0.29, 0.717) is 17.1 Å². The normalized spacial score (nSPS) is 11.0. The summed E-state index contributed by atoms with van der Waals surface area (Å²) >= 11 is 0.